The second-order valence-electron chi connectivity index (χ2n) is 8.45. The minimum Gasteiger partial charge on any atom is -0.445 e. The van der Waals surface area contributed by atoms with E-state index in [0.717, 1.165) is 31.5 Å². The number of pyridine rings is 1. The first-order chi connectivity index (χ1) is 15.5. The number of carbonyl (C=O) groups is 1. The minimum atomic E-state index is -0.356. The average molecular weight is 440 g/mol. The summed E-state index contributed by atoms with van der Waals surface area (Å²) in [5.41, 5.74) is 1.00. The molecule has 4 rings (SSSR count). The number of hydrogen-bond acceptors (Lipinski definition) is 7. The van der Waals surface area contributed by atoms with Gasteiger partial charge in [0, 0.05) is 45.3 Å². The number of amides is 1. The third-order valence-electron chi connectivity index (χ3n) is 6.19. The van der Waals surface area contributed by atoms with Crippen molar-refractivity contribution in [1.82, 2.24) is 9.88 Å². The zero-order chi connectivity index (χ0) is 22.5. The molecule has 2 aliphatic heterocycles. The summed E-state index contributed by atoms with van der Waals surface area (Å²) in [5.74, 6) is 1.79. The van der Waals surface area contributed by atoms with Gasteiger partial charge in [-0.05, 0) is 30.4 Å². The van der Waals surface area contributed by atoms with Crippen LogP contribution in [0.25, 0.3) is 0 Å². The smallest absolute Gasteiger partial charge is 0.410 e. The SMILES string of the molecule is CC1CCN(c2nc(N3CCN(C(=O)OCc4ccccc4)CC3)ccc2[N+](=O)[O-])CC1. The lowest BCUT2D eigenvalue weighted by atomic mass is 9.99. The average Bonchev–Trinajstić information content (AvgIpc) is 2.83. The van der Waals surface area contributed by atoms with Gasteiger partial charge < -0.3 is 19.4 Å². The topological polar surface area (TPSA) is 92.1 Å². The molecule has 2 aromatic rings. The summed E-state index contributed by atoms with van der Waals surface area (Å²) in [7, 11) is 0. The van der Waals surface area contributed by atoms with E-state index >= 15 is 0 Å². The molecular formula is C23H29N5O4. The van der Waals surface area contributed by atoms with Gasteiger partial charge in [0.2, 0.25) is 5.82 Å². The van der Waals surface area contributed by atoms with Crippen molar-refractivity contribution in [2.45, 2.75) is 26.4 Å². The Morgan fingerprint density at radius 3 is 2.38 bits per heavy atom. The molecular weight excluding hydrogens is 410 g/mol. The van der Waals surface area contributed by atoms with Crippen molar-refractivity contribution in [3.05, 3.63) is 58.1 Å². The summed E-state index contributed by atoms with van der Waals surface area (Å²) in [6, 6.07) is 12.9. The Morgan fingerprint density at radius 1 is 1.03 bits per heavy atom. The van der Waals surface area contributed by atoms with Gasteiger partial charge in [-0.25, -0.2) is 9.78 Å². The van der Waals surface area contributed by atoms with Crippen LogP contribution in [0.3, 0.4) is 0 Å². The molecule has 0 atom stereocenters. The van der Waals surface area contributed by atoms with E-state index in [0.29, 0.717) is 43.7 Å². The van der Waals surface area contributed by atoms with Crippen LogP contribution < -0.4 is 9.80 Å². The number of anilines is 2. The number of benzene rings is 1. The summed E-state index contributed by atoms with van der Waals surface area (Å²) in [5, 5.41) is 11.6. The molecule has 0 aliphatic carbocycles. The zero-order valence-corrected chi connectivity index (χ0v) is 18.4. The van der Waals surface area contributed by atoms with E-state index in [2.05, 4.69) is 16.8 Å². The predicted octanol–water partition coefficient (Wildman–Crippen LogP) is 3.68. The summed E-state index contributed by atoms with van der Waals surface area (Å²) >= 11 is 0. The van der Waals surface area contributed by atoms with Gasteiger partial charge in [0.05, 0.1) is 4.92 Å². The van der Waals surface area contributed by atoms with Crippen LogP contribution in [0.5, 0.6) is 0 Å². The molecule has 3 heterocycles. The van der Waals surface area contributed by atoms with Gasteiger partial charge in [-0.1, -0.05) is 37.3 Å². The summed E-state index contributed by atoms with van der Waals surface area (Å²) in [4.78, 5) is 34.1. The van der Waals surface area contributed by atoms with Crippen LogP contribution in [0.15, 0.2) is 42.5 Å². The van der Waals surface area contributed by atoms with Gasteiger partial charge in [0.15, 0.2) is 0 Å². The maximum absolute atomic E-state index is 12.4. The van der Waals surface area contributed by atoms with Gasteiger partial charge in [0.25, 0.3) is 0 Å². The van der Waals surface area contributed by atoms with Crippen LogP contribution in [0, 0.1) is 16.0 Å². The first kappa shape index (κ1) is 21.9. The van der Waals surface area contributed by atoms with Crippen molar-refractivity contribution in [3.63, 3.8) is 0 Å². The highest BCUT2D eigenvalue weighted by atomic mass is 16.6. The number of ether oxygens (including phenoxy) is 1. The monoisotopic (exact) mass is 439 g/mol. The van der Waals surface area contributed by atoms with Crippen molar-refractivity contribution in [2.24, 2.45) is 5.92 Å². The molecule has 0 radical (unpaired) electrons. The van der Waals surface area contributed by atoms with E-state index in [-0.39, 0.29) is 23.3 Å². The largest absolute Gasteiger partial charge is 0.445 e. The molecule has 1 amide bonds. The van der Waals surface area contributed by atoms with E-state index in [1.165, 1.54) is 0 Å². The van der Waals surface area contributed by atoms with Crippen molar-refractivity contribution in [2.75, 3.05) is 49.1 Å². The molecule has 2 aliphatic rings. The maximum atomic E-state index is 12.4. The lowest BCUT2D eigenvalue weighted by Gasteiger charge is -2.35. The molecule has 0 saturated carbocycles. The van der Waals surface area contributed by atoms with Gasteiger partial charge in [0.1, 0.15) is 12.4 Å². The molecule has 1 aromatic carbocycles. The molecule has 32 heavy (non-hydrogen) atoms. The van der Waals surface area contributed by atoms with Gasteiger partial charge in [-0.2, -0.15) is 0 Å². The highest BCUT2D eigenvalue weighted by molar-refractivity contribution is 5.68. The van der Waals surface area contributed by atoms with Gasteiger partial charge >= 0.3 is 11.8 Å². The van der Waals surface area contributed by atoms with Crippen LogP contribution >= 0.6 is 0 Å². The summed E-state index contributed by atoms with van der Waals surface area (Å²) < 4.78 is 5.43. The van der Waals surface area contributed by atoms with Crippen LogP contribution in [-0.4, -0.2) is 60.2 Å². The first-order valence-electron chi connectivity index (χ1n) is 11.1. The van der Waals surface area contributed by atoms with Crippen LogP contribution in [0.1, 0.15) is 25.3 Å². The van der Waals surface area contributed by atoms with Crippen molar-refractivity contribution in [1.29, 1.82) is 0 Å². The molecule has 9 heteroatoms. The van der Waals surface area contributed by atoms with Crippen molar-refractivity contribution in [3.8, 4) is 0 Å². The quantitative estimate of drug-likeness (QED) is 0.518. The van der Waals surface area contributed by atoms with E-state index in [1.54, 1.807) is 17.0 Å². The Kier molecular flexibility index (Phi) is 6.72. The van der Waals surface area contributed by atoms with Crippen molar-refractivity contribution >= 4 is 23.4 Å². The summed E-state index contributed by atoms with van der Waals surface area (Å²) in [6.07, 6.45) is 1.69. The van der Waals surface area contributed by atoms with E-state index < -0.39 is 0 Å². The fourth-order valence-electron chi connectivity index (χ4n) is 4.13. The summed E-state index contributed by atoms with van der Waals surface area (Å²) in [6.45, 7) is 6.25. The predicted molar refractivity (Wildman–Crippen MR) is 122 cm³/mol. The Morgan fingerprint density at radius 2 is 1.72 bits per heavy atom. The highest BCUT2D eigenvalue weighted by Crippen LogP contribution is 2.32. The van der Waals surface area contributed by atoms with Gasteiger partial charge in [-0.3, -0.25) is 10.1 Å². The van der Waals surface area contributed by atoms with Crippen LogP contribution in [-0.2, 0) is 11.3 Å². The molecule has 0 unspecified atom stereocenters. The Hall–Kier alpha value is -3.36. The number of aromatic nitrogens is 1. The Balaban J connectivity index is 1.38. The number of rotatable bonds is 5. The number of hydrogen-bond donors (Lipinski definition) is 0. The third-order valence-corrected chi connectivity index (χ3v) is 6.19. The fourth-order valence-corrected chi connectivity index (χ4v) is 4.13. The molecule has 0 spiro atoms. The fraction of sp³-hybridized carbons (Fsp3) is 0.478. The van der Waals surface area contributed by atoms with E-state index in [1.807, 2.05) is 35.2 Å². The van der Waals surface area contributed by atoms with E-state index in [4.69, 9.17) is 4.74 Å². The highest BCUT2D eigenvalue weighted by Gasteiger charge is 2.28. The minimum absolute atomic E-state index is 0.0476. The molecule has 170 valence electrons. The number of nitrogens with zero attached hydrogens (tertiary/aromatic N) is 5. The molecule has 0 bridgehead atoms. The van der Waals surface area contributed by atoms with Crippen molar-refractivity contribution < 1.29 is 14.5 Å². The standard InChI is InChI=1S/C23H29N5O4/c1-18-9-11-26(12-10-18)22-20(28(30)31)7-8-21(24-22)25-13-15-27(16-14-25)23(29)32-17-19-5-3-2-4-6-19/h2-8,18H,9-17H2,1H3. The van der Waals surface area contributed by atoms with E-state index in [9.17, 15) is 14.9 Å². The normalized spacial score (nSPS) is 17.3. The number of carbonyl (C=O) groups excluding carboxylic acids is 1. The molecule has 1 aromatic heterocycles. The molecule has 2 saturated heterocycles. The number of piperidine rings is 1. The molecule has 0 N–H and O–H groups in total. The zero-order valence-electron chi connectivity index (χ0n) is 18.4. The number of nitro groups is 1. The van der Waals surface area contributed by atoms with Gasteiger partial charge in [-0.15, -0.1) is 0 Å². The molecule has 2 fully saturated rings. The lowest BCUT2D eigenvalue weighted by molar-refractivity contribution is -0.384. The second-order valence-corrected chi connectivity index (χ2v) is 8.45. The molecule has 9 nitrogen and oxygen atoms in total. The first-order valence-corrected chi connectivity index (χ1v) is 11.1. The lowest BCUT2D eigenvalue weighted by Crippen LogP contribution is -2.49. The maximum Gasteiger partial charge on any atom is 0.410 e. The Bertz CT molecular complexity index is 939. The third kappa shape index (κ3) is 5.09. The second kappa shape index (κ2) is 9.84. The number of piperazine rings is 1. The van der Waals surface area contributed by atoms with Crippen LogP contribution in [0.4, 0.5) is 22.1 Å². The van der Waals surface area contributed by atoms with Crippen LogP contribution in [0.2, 0.25) is 0 Å². The Labute approximate surface area is 187 Å².